The van der Waals surface area contributed by atoms with Gasteiger partial charge >= 0.3 is 0 Å². The quantitative estimate of drug-likeness (QED) is 0.607. The van der Waals surface area contributed by atoms with Crippen LogP contribution >= 0.6 is 0 Å². The minimum Gasteiger partial charge on any atom is -0.457 e. The fourth-order valence-corrected chi connectivity index (χ4v) is 2.93. The van der Waals surface area contributed by atoms with E-state index in [1.807, 2.05) is 61.5 Å². The normalized spacial score (nSPS) is 10.3. The van der Waals surface area contributed by atoms with Crippen molar-refractivity contribution in [2.45, 2.75) is 20.3 Å². The lowest BCUT2D eigenvalue weighted by Crippen LogP contribution is -2.32. The summed E-state index contributed by atoms with van der Waals surface area (Å²) >= 11 is 0. The molecule has 5 nitrogen and oxygen atoms in total. The molecule has 0 atom stereocenters. The average Bonchev–Trinajstić information content (AvgIpc) is 2.70. The number of para-hydroxylation sites is 1. The molecule has 0 aliphatic rings. The van der Waals surface area contributed by atoms with Crippen LogP contribution < -0.4 is 15.0 Å². The molecule has 0 aliphatic heterocycles. The lowest BCUT2D eigenvalue weighted by atomic mass is 10.2. The Morgan fingerprint density at radius 3 is 2.24 bits per heavy atom. The van der Waals surface area contributed by atoms with Crippen molar-refractivity contribution in [1.29, 1.82) is 0 Å². The van der Waals surface area contributed by atoms with Gasteiger partial charge in [0.25, 0.3) is 0 Å². The van der Waals surface area contributed by atoms with Crippen molar-refractivity contribution in [2.75, 3.05) is 16.8 Å². The van der Waals surface area contributed by atoms with Crippen LogP contribution in [0.15, 0.2) is 78.9 Å². The van der Waals surface area contributed by atoms with Crippen LogP contribution in [0, 0.1) is 6.92 Å². The Labute approximate surface area is 170 Å². The standard InChI is InChI=1S/C24H24N2O3/c1-18-7-6-8-21(17-18)26(19(2)27)16-15-24(28)25-20-11-13-23(14-12-20)29-22-9-4-3-5-10-22/h3-14,17H,15-16H2,1-2H3,(H,25,28). The molecule has 0 radical (unpaired) electrons. The van der Waals surface area contributed by atoms with E-state index in [0.717, 1.165) is 17.0 Å². The Balaban J connectivity index is 1.55. The van der Waals surface area contributed by atoms with E-state index in [9.17, 15) is 9.59 Å². The molecule has 148 valence electrons. The molecule has 0 spiro atoms. The fraction of sp³-hybridized carbons (Fsp3) is 0.167. The summed E-state index contributed by atoms with van der Waals surface area (Å²) in [5.74, 6) is 1.20. The van der Waals surface area contributed by atoms with E-state index in [4.69, 9.17) is 4.74 Å². The molecular weight excluding hydrogens is 364 g/mol. The smallest absolute Gasteiger partial charge is 0.226 e. The average molecular weight is 388 g/mol. The largest absolute Gasteiger partial charge is 0.457 e. The highest BCUT2D eigenvalue weighted by Gasteiger charge is 2.13. The van der Waals surface area contributed by atoms with Crippen LogP contribution in [0.3, 0.4) is 0 Å². The molecular formula is C24H24N2O3. The highest BCUT2D eigenvalue weighted by molar-refractivity contribution is 5.94. The molecule has 0 bridgehead atoms. The lowest BCUT2D eigenvalue weighted by molar-refractivity contribution is -0.117. The highest BCUT2D eigenvalue weighted by atomic mass is 16.5. The molecule has 0 heterocycles. The number of aryl methyl sites for hydroxylation is 1. The third-order valence-electron chi connectivity index (χ3n) is 4.37. The first kappa shape index (κ1) is 20.1. The van der Waals surface area contributed by atoms with Gasteiger partial charge in [0, 0.05) is 31.3 Å². The lowest BCUT2D eigenvalue weighted by Gasteiger charge is -2.21. The van der Waals surface area contributed by atoms with Gasteiger partial charge < -0.3 is 15.0 Å². The zero-order chi connectivity index (χ0) is 20.6. The van der Waals surface area contributed by atoms with Gasteiger partial charge in [-0.05, 0) is 61.0 Å². The molecule has 0 fully saturated rings. The molecule has 3 rings (SSSR count). The number of nitrogens with zero attached hydrogens (tertiary/aromatic N) is 1. The molecule has 0 saturated carbocycles. The Morgan fingerprint density at radius 1 is 0.897 bits per heavy atom. The van der Waals surface area contributed by atoms with Crippen molar-refractivity contribution in [2.24, 2.45) is 0 Å². The summed E-state index contributed by atoms with van der Waals surface area (Å²) < 4.78 is 5.75. The maximum Gasteiger partial charge on any atom is 0.226 e. The summed E-state index contributed by atoms with van der Waals surface area (Å²) in [6.45, 7) is 3.80. The molecule has 2 amide bonds. The predicted octanol–water partition coefficient (Wildman–Crippen LogP) is 5.17. The predicted molar refractivity (Wildman–Crippen MR) is 115 cm³/mol. The molecule has 0 saturated heterocycles. The number of rotatable bonds is 7. The van der Waals surface area contributed by atoms with Crippen LogP contribution in [-0.2, 0) is 9.59 Å². The van der Waals surface area contributed by atoms with Crippen molar-refractivity contribution < 1.29 is 14.3 Å². The zero-order valence-electron chi connectivity index (χ0n) is 16.6. The zero-order valence-corrected chi connectivity index (χ0v) is 16.6. The third-order valence-corrected chi connectivity index (χ3v) is 4.37. The van der Waals surface area contributed by atoms with E-state index >= 15 is 0 Å². The Kier molecular flexibility index (Phi) is 6.63. The van der Waals surface area contributed by atoms with Crippen LogP contribution in [0.5, 0.6) is 11.5 Å². The Bertz CT molecular complexity index is 969. The fourth-order valence-electron chi connectivity index (χ4n) is 2.93. The van der Waals surface area contributed by atoms with Crippen LogP contribution in [0.2, 0.25) is 0 Å². The van der Waals surface area contributed by atoms with Crippen molar-refractivity contribution in [3.63, 3.8) is 0 Å². The molecule has 0 aromatic heterocycles. The monoisotopic (exact) mass is 388 g/mol. The van der Waals surface area contributed by atoms with Crippen molar-refractivity contribution in [3.05, 3.63) is 84.4 Å². The summed E-state index contributed by atoms with van der Waals surface area (Å²) in [4.78, 5) is 25.9. The minimum atomic E-state index is -0.152. The summed E-state index contributed by atoms with van der Waals surface area (Å²) in [5.41, 5.74) is 2.55. The van der Waals surface area contributed by atoms with Gasteiger partial charge in [-0.15, -0.1) is 0 Å². The molecule has 3 aromatic carbocycles. The number of carbonyl (C=O) groups is 2. The van der Waals surface area contributed by atoms with Crippen LogP contribution in [0.1, 0.15) is 18.9 Å². The Morgan fingerprint density at radius 2 is 1.59 bits per heavy atom. The van der Waals surface area contributed by atoms with E-state index in [0.29, 0.717) is 18.0 Å². The first-order valence-electron chi connectivity index (χ1n) is 9.49. The van der Waals surface area contributed by atoms with Gasteiger partial charge in [-0.25, -0.2) is 0 Å². The summed E-state index contributed by atoms with van der Waals surface area (Å²) in [6, 6.07) is 24.4. The van der Waals surface area contributed by atoms with Gasteiger partial charge in [-0.1, -0.05) is 30.3 Å². The number of amides is 2. The number of ether oxygens (including phenoxy) is 1. The van der Waals surface area contributed by atoms with Gasteiger partial charge in [-0.3, -0.25) is 9.59 Å². The van der Waals surface area contributed by atoms with Crippen LogP contribution in [-0.4, -0.2) is 18.4 Å². The molecule has 0 aliphatic carbocycles. The summed E-state index contributed by atoms with van der Waals surface area (Å²) in [5, 5.41) is 2.86. The molecule has 29 heavy (non-hydrogen) atoms. The minimum absolute atomic E-state index is 0.0918. The second kappa shape index (κ2) is 9.55. The third kappa shape index (κ3) is 5.94. The van der Waals surface area contributed by atoms with Crippen molar-refractivity contribution in [1.82, 2.24) is 0 Å². The molecule has 3 aromatic rings. The molecule has 5 heteroatoms. The van der Waals surface area contributed by atoms with Gasteiger partial charge in [-0.2, -0.15) is 0 Å². The number of carbonyl (C=O) groups excluding carboxylic acids is 2. The molecule has 1 N–H and O–H groups in total. The van der Waals surface area contributed by atoms with E-state index in [-0.39, 0.29) is 18.2 Å². The van der Waals surface area contributed by atoms with E-state index < -0.39 is 0 Å². The number of nitrogens with one attached hydrogen (secondary N) is 1. The van der Waals surface area contributed by atoms with Gasteiger partial charge in [0.15, 0.2) is 0 Å². The number of benzene rings is 3. The molecule has 0 unspecified atom stereocenters. The number of hydrogen-bond donors (Lipinski definition) is 1. The summed E-state index contributed by atoms with van der Waals surface area (Å²) in [7, 11) is 0. The van der Waals surface area contributed by atoms with E-state index in [2.05, 4.69) is 5.32 Å². The second-order valence-electron chi connectivity index (χ2n) is 6.75. The highest BCUT2D eigenvalue weighted by Crippen LogP contribution is 2.23. The van der Waals surface area contributed by atoms with E-state index in [1.165, 1.54) is 6.92 Å². The Hall–Kier alpha value is -3.60. The first-order chi connectivity index (χ1) is 14.0. The SMILES string of the molecule is CC(=O)N(CCC(=O)Nc1ccc(Oc2ccccc2)cc1)c1cccc(C)c1. The van der Waals surface area contributed by atoms with Gasteiger partial charge in [0.2, 0.25) is 11.8 Å². The number of hydrogen-bond acceptors (Lipinski definition) is 3. The van der Waals surface area contributed by atoms with Gasteiger partial charge in [0.05, 0.1) is 0 Å². The van der Waals surface area contributed by atoms with E-state index in [1.54, 1.807) is 29.2 Å². The second-order valence-corrected chi connectivity index (χ2v) is 6.75. The van der Waals surface area contributed by atoms with Crippen LogP contribution in [0.4, 0.5) is 11.4 Å². The van der Waals surface area contributed by atoms with Gasteiger partial charge in [0.1, 0.15) is 11.5 Å². The maximum absolute atomic E-state index is 12.3. The first-order valence-corrected chi connectivity index (χ1v) is 9.49. The van der Waals surface area contributed by atoms with Crippen molar-refractivity contribution in [3.8, 4) is 11.5 Å². The topological polar surface area (TPSA) is 58.6 Å². The van der Waals surface area contributed by atoms with Crippen LogP contribution in [0.25, 0.3) is 0 Å². The summed E-state index contributed by atoms with van der Waals surface area (Å²) in [6.07, 6.45) is 0.204. The van der Waals surface area contributed by atoms with Crippen molar-refractivity contribution >= 4 is 23.2 Å². The number of anilines is 2. The maximum atomic E-state index is 12.3.